The molecule has 0 aliphatic carbocycles. The highest BCUT2D eigenvalue weighted by atomic mass is 16.7. The first-order valence-corrected chi connectivity index (χ1v) is 19.2. The van der Waals surface area contributed by atoms with Crippen LogP contribution in [0.2, 0.25) is 0 Å². The number of carbonyl (C=O) groups is 2. The number of ether oxygens (including phenoxy) is 8. The molecule has 0 aromatic heterocycles. The number of hydrogen-bond acceptors (Lipinski definition) is 12. The van der Waals surface area contributed by atoms with Gasteiger partial charge in [-0.25, -0.2) is 0 Å². The Morgan fingerprint density at radius 2 is 1.06 bits per heavy atom. The van der Waals surface area contributed by atoms with E-state index in [2.05, 4.69) is 0 Å². The molecule has 2 aromatic rings. The van der Waals surface area contributed by atoms with Gasteiger partial charge in [0.1, 0.15) is 0 Å². The number of methoxy groups -OCH3 is 2. The van der Waals surface area contributed by atoms with Gasteiger partial charge in [-0.2, -0.15) is 0 Å². The minimum Gasteiger partial charge on any atom is -0.493 e. The van der Waals surface area contributed by atoms with E-state index in [0.717, 1.165) is 64.2 Å². The molecule has 288 valence electrons. The van der Waals surface area contributed by atoms with Crippen LogP contribution in [0.3, 0.4) is 0 Å². The average molecular weight is 737 g/mol. The number of anilines is 2. The van der Waals surface area contributed by atoms with Crippen molar-refractivity contribution in [1.82, 2.24) is 9.80 Å². The molecule has 0 saturated carbocycles. The summed E-state index contributed by atoms with van der Waals surface area (Å²) in [5, 5.41) is 0. The highest BCUT2D eigenvalue weighted by Crippen LogP contribution is 2.44. The Kier molecular flexibility index (Phi) is 10.5. The Labute approximate surface area is 311 Å². The van der Waals surface area contributed by atoms with E-state index in [1.54, 1.807) is 26.4 Å². The Morgan fingerprint density at radius 1 is 0.604 bits per heavy atom. The molecule has 6 atom stereocenters. The molecular formula is C39H52N4O10. The molecule has 14 nitrogen and oxygen atoms in total. The minimum absolute atomic E-state index is 0.0581. The van der Waals surface area contributed by atoms with Crippen LogP contribution in [0.1, 0.15) is 84.9 Å². The van der Waals surface area contributed by atoms with Crippen LogP contribution in [0.4, 0.5) is 11.4 Å². The van der Waals surface area contributed by atoms with E-state index in [1.165, 1.54) is 0 Å². The van der Waals surface area contributed by atoms with Gasteiger partial charge < -0.3 is 57.5 Å². The van der Waals surface area contributed by atoms with Crippen LogP contribution in [0.5, 0.6) is 23.0 Å². The van der Waals surface area contributed by atoms with Crippen LogP contribution in [0, 0.1) is 0 Å². The van der Waals surface area contributed by atoms with Crippen molar-refractivity contribution in [3.63, 3.8) is 0 Å². The molecule has 0 N–H and O–H groups in total. The second-order valence-corrected chi connectivity index (χ2v) is 14.7. The second kappa shape index (κ2) is 15.4. The highest BCUT2D eigenvalue weighted by Gasteiger charge is 2.45. The number of hydrogen-bond donors (Lipinski definition) is 0. The predicted molar refractivity (Wildman–Crippen MR) is 194 cm³/mol. The topological polar surface area (TPSA) is 121 Å². The Bertz CT molecular complexity index is 1540. The van der Waals surface area contributed by atoms with Crippen LogP contribution in [0.25, 0.3) is 0 Å². The molecule has 0 bridgehead atoms. The zero-order valence-electron chi connectivity index (χ0n) is 31.3. The fraction of sp³-hybridized carbons (Fsp3) is 0.641. The van der Waals surface area contributed by atoms with E-state index >= 15 is 0 Å². The van der Waals surface area contributed by atoms with Gasteiger partial charge in [-0.15, -0.1) is 0 Å². The molecule has 0 spiro atoms. The molecule has 53 heavy (non-hydrogen) atoms. The van der Waals surface area contributed by atoms with Crippen LogP contribution in [-0.4, -0.2) is 120 Å². The van der Waals surface area contributed by atoms with Gasteiger partial charge in [-0.05, 0) is 76.3 Å². The van der Waals surface area contributed by atoms with Crippen molar-refractivity contribution >= 4 is 23.2 Å². The second-order valence-electron chi connectivity index (χ2n) is 14.7. The van der Waals surface area contributed by atoms with E-state index < -0.39 is 0 Å². The third-order valence-corrected chi connectivity index (χ3v) is 11.6. The normalized spacial score (nSPS) is 28.5. The maximum atomic E-state index is 14.0. The summed E-state index contributed by atoms with van der Waals surface area (Å²) in [7, 11) is 7.01. The van der Waals surface area contributed by atoms with E-state index in [9.17, 15) is 9.59 Å². The molecule has 8 rings (SSSR count). The largest absolute Gasteiger partial charge is 0.493 e. The van der Waals surface area contributed by atoms with Gasteiger partial charge in [0.25, 0.3) is 11.8 Å². The molecule has 2 amide bonds. The first-order chi connectivity index (χ1) is 25.9. The number of likely N-dealkylation sites (N-methyl/N-ethyl adjacent to an activating group) is 2. The number of benzene rings is 2. The van der Waals surface area contributed by atoms with Gasteiger partial charge >= 0.3 is 0 Å². The van der Waals surface area contributed by atoms with Crippen LogP contribution in [-0.2, 0) is 18.9 Å². The highest BCUT2D eigenvalue weighted by molar-refractivity contribution is 6.02. The Morgan fingerprint density at radius 3 is 1.45 bits per heavy atom. The number of carbonyl (C=O) groups excluding carboxylic acids is 2. The minimum atomic E-state index is -0.389. The molecule has 6 heterocycles. The third kappa shape index (κ3) is 6.83. The molecule has 2 aromatic carbocycles. The summed E-state index contributed by atoms with van der Waals surface area (Å²) >= 11 is 0. The molecule has 4 fully saturated rings. The lowest BCUT2D eigenvalue weighted by molar-refractivity contribution is -0.196. The fourth-order valence-electron chi connectivity index (χ4n) is 8.82. The van der Waals surface area contributed by atoms with Crippen molar-refractivity contribution in [2.75, 3.05) is 71.2 Å². The zero-order chi connectivity index (χ0) is 36.6. The van der Waals surface area contributed by atoms with Gasteiger partial charge in [-0.3, -0.25) is 9.59 Å². The first kappa shape index (κ1) is 36.0. The smallest absolute Gasteiger partial charge is 0.256 e. The zero-order valence-corrected chi connectivity index (χ0v) is 31.3. The molecule has 14 heteroatoms. The van der Waals surface area contributed by atoms with Gasteiger partial charge in [0, 0.05) is 52.5 Å². The van der Waals surface area contributed by atoms with Crippen LogP contribution >= 0.6 is 0 Å². The van der Waals surface area contributed by atoms with Gasteiger partial charge in [0.05, 0.1) is 48.8 Å². The number of amides is 2. The number of rotatable bonds is 10. The number of nitrogens with zero attached hydrogens (tertiary/aromatic N) is 4. The molecule has 4 saturated heterocycles. The first-order valence-electron chi connectivity index (χ1n) is 19.2. The van der Waals surface area contributed by atoms with Gasteiger partial charge in [0.2, 0.25) is 6.79 Å². The molecule has 6 aliphatic heterocycles. The molecular weight excluding hydrogens is 684 g/mol. The molecule has 0 radical (unpaired) electrons. The SMILES string of the molecule is COc1cc2c(cc1OCOc1cc3c(cc1OC)C(=O)N1CCC[C@H]1[C@H](OC1CCCCO1)N3C)N(C)[C@@H](OC1CCCCO1)[C@@H]1CCCN1C2=O. The van der Waals surface area contributed by atoms with E-state index in [0.29, 0.717) is 71.8 Å². The van der Waals surface area contributed by atoms with Gasteiger partial charge in [0.15, 0.2) is 48.0 Å². The lowest BCUT2D eigenvalue weighted by atomic mass is 10.1. The van der Waals surface area contributed by atoms with Crippen molar-refractivity contribution in [3.8, 4) is 23.0 Å². The third-order valence-electron chi connectivity index (χ3n) is 11.6. The van der Waals surface area contributed by atoms with Crippen molar-refractivity contribution in [2.45, 2.75) is 101 Å². The quantitative estimate of drug-likeness (QED) is 0.307. The fourth-order valence-corrected chi connectivity index (χ4v) is 8.82. The Balaban J connectivity index is 1.05. The van der Waals surface area contributed by atoms with E-state index in [1.807, 2.05) is 45.8 Å². The van der Waals surface area contributed by atoms with Crippen molar-refractivity contribution < 1.29 is 47.5 Å². The molecule has 2 unspecified atom stereocenters. The maximum Gasteiger partial charge on any atom is 0.256 e. The lowest BCUT2D eigenvalue weighted by Crippen LogP contribution is -2.50. The molecule has 6 aliphatic rings. The number of fused-ring (bicyclic) bond motifs is 4. The van der Waals surface area contributed by atoms with E-state index in [-0.39, 0.29) is 55.7 Å². The van der Waals surface area contributed by atoms with Crippen molar-refractivity contribution in [1.29, 1.82) is 0 Å². The average Bonchev–Trinajstić information content (AvgIpc) is 3.86. The van der Waals surface area contributed by atoms with Crippen molar-refractivity contribution in [2.24, 2.45) is 0 Å². The maximum absolute atomic E-state index is 14.0. The summed E-state index contributed by atoms with van der Waals surface area (Å²) in [5.41, 5.74) is 2.40. The summed E-state index contributed by atoms with van der Waals surface area (Å²) in [6, 6.07) is 6.91. The van der Waals surface area contributed by atoms with Gasteiger partial charge in [-0.1, -0.05) is 0 Å². The standard InChI is InChI=1S/C39H52N4O10/c1-40-28-21-32(30(46-3)19-24(28)36(44)42-15-9-11-26(42)38(40)52-34-13-5-7-17-48-34)50-23-51-33-22-29-25(20-31(33)47-4)37(45)43-16-10-12-27(43)39(41(29)2)53-35-14-6-8-18-49-35/h19-22,26-27,34-35,38-39H,5-18,23H2,1-4H3/t26-,27-,34?,35?,38-,39-/m0/s1. The summed E-state index contributed by atoms with van der Waals surface area (Å²) in [4.78, 5) is 35.8. The summed E-state index contributed by atoms with van der Waals surface area (Å²) in [5.74, 6) is 1.51. The lowest BCUT2D eigenvalue weighted by Gasteiger charge is -2.38. The predicted octanol–water partition coefficient (Wildman–Crippen LogP) is 4.97. The Hall–Kier alpha value is -3.98. The van der Waals surface area contributed by atoms with Crippen LogP contribution in [0.15, 0.2) is 24.3 Å². The van der Waals surface area contributed by atoms with Crippen molar-refractivity contribution in [3.05, 3.63) is 35.4 Å². The van der Waals surface area contributed by atoms with Crippen LogP contribution < -0.4 is 28.7 Å². The summed E-state index contributed by atoms with van der Waals surface area (Å²) < 4.78 is 49.1. The summed E-state index contributed by atoms with van der Waals surface area (Å²) in [6.45, 7) is 2.48. The summed E-state index contributed by atoms with van der Waals surface area (Å²) in [6.07, 6.45) is 7.90. The van der Waals surface area contributed by atoms with E-state index in [4.69, 9.17) is 37.9 Å². The monoisotopic (exact) mass is 736 g/mol.